The number of nitrogens with one attached hydrogen (secondary N) is 1. The minimum absolute atomic E-state index is 0.109. The zero-order valence-corrected chi connectivity index (χ0v) is 17.3. The molecule has 2 bridgehead atoms. The van der Waals surface area contributed by atoms with Crippen LogP contribution in [-0.4, -0.2) is 24.8 Å². The fourth-order valence-corrected chi connectivity index (χ4v) is 6.51. The van der Waals surface area contributed by atoms with Crippen LogP contribution in [0.25, 0.3) is 0 Å². The molecule has 0 unspecified atom stereocenters. The fourth-order valence-electron chi connectivity index (χ4n) is 6.24. The van der Waals surface area contributed by atoms with Gasteiger partial charge in [-0.05, 0) is 48.3 Å². The third kappa shape index (κ3) is 2.11. The Kier molecular flexibility index (Phi) is 4.23. The average molecular weight is 446 g/mol. The lowest BCUT2D eigenvalue weighted by atomic mass is 9.52. The summed E-state index contributed by atoms with van der Waals surface area (Å²) >= 11 is 3.43. The van der Waals surface area contributed by atoms with Gasteiger partial charge in [0.1, 0.15) is 0 Å². The number of allylic oxidation sites excluding steroid dienone is 2. The first-order valence-electron chi connectivity index (χ1n) is 9.52. The molecule has 3 amide bonds. The van der Waals surface area contributed by atoms with Crippen molar-refractivity contribution in [2.24, 2.45) is 34.1 Å². The molecule has 0 aliphatic heterocycles. The SMILES string of the molecule is CNC(=O)CC[C@@]1(C(N)=O)[C@@H]2C=C[C@@H](C23CC3)[C@@]1(C(N)=O)c1ccc(Br)cc1. The van der Waals surface area contributed by atoms with Crippen molar-refractivity contribution in [3.05, 3.63) is 46.5 Å². The van der Waals surface area contributed by atoms with Crippen LogP contribution in [0.2, 0.25) is 0 Å². The van der Waals surface area contributed by atoms with Gasteiger partial charge in [0.05, 0.1) is 10.8 Å². The molecule has 1 aromatic rings. The maximum Gasteiger partial charge on any atom is 0.229 e. The molecule has 4 atom stereocenters. The molecule has 28 heavy (non-hydrogen) atoms. The van der Waals surface area contributed by atoms with E-state index in [0.717, 1.165) is 17.3 Å². The number of hydrogen-bond acceptors (Lipinski definition) is 3. The highest BCUT2D eigenvalue weighted by Gasteiger charge is 2.82. The Morgan fingerprint density at radius 1 is 1.07 bits per heavy atom. The van der Waals surface area contributed by atoms with Gasteiger partial charge in [-0.15, -0.1) is 0 Å². The Labute approximate surface area is 172 Å². The first-order chi connectivity index (χ1) is 13.3. The van der Waals surface area contributed by atoms with E-state index in [-0.39, 0.29) is 36.0 Å². The van der Waals surface area contributed by atoms with Crippen molar-refractivity contribution >= 4 is 33.7 Å². The summed E-state index contributed by atoms with van der Waals surface area (Å²) in [7, 11) is 1.55. The molecule has 0 heterocycles. The summed E-state index contributed by atoms with van der Waals surface area (Å²) < 4.78 is 0.866. The Hall–Kier alpha value is -2.15. The first kappa shape index (κ1) is 19.2. The Morgan fingerprint density at radius 3 is 2.18 bits per heavy atom. The minimum atomic E-state index is -1.26. The summed E-state index contributed by atoms with van der Waals surface area (Å²) in [5, 5.41) is 2.60. The van der Waals surface area contributed by atoms with E-state index in [4.69, 9.17) is 11.5 Å². The molecule has 3 aliphatic carbocycles. The third-order valence-electron chi connectivity index (χ3n) is 7.42. The number of carbonyl (C=O) groups excluding carboxylic acids is 3. The standard InChI is InChI=1S/C21H24BrN3O3/c1-25-16(26)8-9-20(17(23)27)14-6-7-15(19(14)10-11-19)21(20,18(24)28)12-2-4-13(22)5-3-12/h2-7,14-15H,8-11H2,1H3,(H2,23,27)(H2,24,28)(H,25,26)/t14-,15+,20+,21-/m1/s1. The van der Waals surface area contributed by atoms with Gasteiger partial charge in [0.15, 0.2) is 0 Å². The number of halogens is 1. The number of benzene rings is 1. The van der Waals surface area contributed by atoms with Crippen molar-refractivity contribution in [1.29, 1.82) is 0 Å². The van der Waals surface area contributed by atoms with Crippen LogP contribution in [0.3, 0.4) is 0 Å². The second-order valence-corrected chi connectivity index (χ2v) is 9.18. The highest BCUT2D eigenvalue weighted by Crippen LogP contribution is 2.80. The maximum absolute atomic E-state index is 13.2. The molecule has 0 radical (unpaired) electrons. The topological polar surface area (TPSA) is 115 Å². The average Bonchev–Trinajstić information content (AvgIpc) is 3.33. The van der Waals surface area contributed by atoms with E-state index in [9.17, 15) is 14.4 Å². The van der Waals surface area contributed by atoms with E-state index >= 15 is 0 Å². The van der Waals surface area contributed by atoms with Crippen molar-refractivity contribution in [2.45, 2.75) is 31.1 Å². The van der Waals surface area contributed by atoms with E-state index in [0.29, 0.717) is 5.56 Å². The predicted molar refractivity (Wildman–Crippen MR) is 108 cm³/mol. The van der Waals surface area contributed by atoms with Crippen molar-refractivity contribution in [1.82, 2.24) is 5.32 Å². The normalized spacial score (nSPS) is 33.8. The van der Waals surface area contributed by atoms with Gasteiger partial charge in [-0.3, -0.25) is 14.4 Å². The lowest BCUT2D eigenvalue weighted by molar-refractivity contribution is -0.144. The minimum Gasteiger partial charge on any atom is -0.369 e. The molecule has 3 aliphatic rings. The van der Waals surface area contributed by atoms with Crippen LogP contribution >= 0.6 is 15.9 Å². The smallest absolute Gasteiger partial charge is 0.229 e. The number of nitrogens with two attached hydrogens (primary N) is 2. The molecule has 2 saturated carbocycles. The van der Waals surface area contributed by atoms with Crippen LogP contribution in [-0.2, 0) is 19.8 Å². The molecule has 0 saturated heterocycles. The van der Waals surface area contributed by atoms with Crippen LogP contribution in [0, 0.1) is 22.7 Å². The highest BCUT2D eigenvalue weighted by atomic mass is 79.9. The van der Waals surface area contributed by atoms with Crippen LogP contribution < -0.4 is 16.8 Å². The Bertz CT molecular complexity index is 893. The third-order valence-corrected chi connectivity index (χ3v) is 7.95. The maximum atomic E-state index is 13.2. The van der Waals surface area contributed by atoms with E-state index in [1.165, 1.54) is 0 Å². The zero-order chi connectivity index (χ0) is 20.3. The van der Waals surface area contributed by atoms with Gasteiger partial charge in [-0.25, -0.2) is 0 Å². The number of hydrogen-bond donors (Lipinski definition) is 3. The van der Waals surface area contributed by atoms with Crippen molar-refractivity contribution < 1.29 is 14.4 Å². The van der Waals surface area contributed by atoms with Gasteiger partial charge in [0.25, 0.3) is 0 Å². The monoisotopic (exact) mass is 445 g/mol. The molecule has 7 heteroatoms. The van der Waals surface area contributed by atoms with Crippen LogP contribution in [0.5, 0.6) is 0 Å². The molecule has 0 aromatic heterocycles. The van der Waals surface area contributed by atoms with Gasteiger partial charge in [-0.1, -0.05) is 40.2 Å². The molecule has 5 N–H and O–H groups in total. The summed E-state index contributed by atoms with van der Waals surface area (Å²) in [5.41, 5.74) is 10.2. The number of amides is 3. The van der Waals surface area contributed by atoms with Gasteiger partial charge >= 0.3 is 0 Å². The number of carbonyl (C=O) groups is 3. The van der Waals surface area contributed by atoms with Gasteiger partial charge in [0.2, 0.25) is 17.7 Å². The second kappa shape index (κ2) is 6.17. The molecular formula is C21H24BrN3O3. The van der Waals surface area contributed by atoms with Gasteiger partial charge < -0.3 is 16.8 Å². The Balaban J connectivity index is 1.98. The quantitative estimate of drug-likeness (QED) is 0.579. The van der Waals surface area contributed by atoms with Crippen LogP contribution in [0.4, 0.5) is 0 Å². The van der Waals surface area contributed by atoms with E-state index in [1.54, 1.807) is 7.05 Å². The lowest BCUT2D eigenvalue weighted by Crippen LogP contribution is -2.62. The Morgan fingerprint density at radius 2 is 1.68 bits per heavy atom. The van der Waals surface area contributed by atoms with Crippen molar-refractivity contribution in [3.63, 3.8) is 0 Å². The second-order valence-electron chi connectivity index (χ2n) is 8.26. The molecule has 2 fully saturated rings. The summed E-state index contributed by atoms with van der Waals surface area (Å²) in [6.45, 7) is 0. The summed E-state index contributed by atoms with van der Waals surface area (Å²) in [6, 6.07) is 7.38. The summed E-state index contributed by atoms with van der Waals surface area (Å²) in [4.78, 5) is 38.4. The van der Waals surface area contributed by atoms with Crippen LogP contribution in [0.15, 0.2) is 40.9 Å². The van der Waals surface area contributed by atoms with E-state index in [1.807, 2.05) is 36.4 Å². The zero-order valence-electron chi connectivity index (χ0n) is 15.7. The molecule has 6 nitrogen and oxygen atoms in total. The predicted octanol–water partition coefficient (Wildman–Crippen LogP) is 1.77. The van der Waals surface area contributed by atoms with Crippen molar-refractivity contribution in [3.8, 4) is 0 Å². The van der Waals surface area contributed by atoms with Gasteiger partial charge in [0, 0.05) is 23.9 Å². The molecule has 4 rings (SSSR count). The molecule has 148 valence electrons. The largest absolute Gasteiger partial charge is 0.369 e. The molecule has 1 aromatic carbocycles. The van der Waals surface area contributed by atoms with E-state index in [2.05, 4.69) is 21.2 Å². The highest BCUT2D eigenvalue weighted by molar-refractivity contribution is 9.10. The van der Waals surface area contributed by atoms with Crippen molar-refractivity contribution in [2.75, 3.05) is 7.05 Å². The summed E-state index contributed by atoms with van der Waals surface area (Å²) in [5.74, 6) is -1.68. The first-order valence-corrected chi connectivity index (χ1v) is 10.3. The summed E-state index contributed by atoms with van der Waals surface area (Å²) in [6.07, 6.45) is 6.23. The van der Waals surface area contributed by atoms with E-state index < -0.39 is 22.6 Å². The van der Waals surface area contributed by atoms with Crippen LogP contribution in [0.1, 0.15) is 31.2 Å². The lowest BCUT2D eigenvalue weighted by Gasteiger charge is -2.48. The molecule has 1 spiro atoms. The molecular weight excluding hydrogens is 422 g/mol. The number of primary amides is 2. The van der Waals surface area contributed by atoms with Gasteiger partial charge in [-0.2, -0.15) is 0 Å². The number of rotatable bonds is 6. The fraction of sp³-hybridized carbons (Fsp3) is 0.476.